The van der Waals surface area contributed by atoms with Gasteiger partial charge in [0.05, 0.1) is 10.9 Å². The molecule has 0 spiro atoms. The summed E-state index contributed by atoms with van der Waals surface area (Å²) >= 11 is 4.97. The number of halogens is 1. The van der Waals surface area contributed by atoms with Gasteiger partial charge in [-0.2, -0.15) is 0 Å². The fourth-order valence-corrected chi connectivity index (χ4v) is 2.83. The van der Waals surface area contributed by atoms with E-state index in [0.29, 0.717) is 0 Å². The quantitative estimate of drug-likeness (QED) is 0.829. The van der Waals surface area contributed by atoms with Gasteiger partial charge in [0, 0.05) is 9.37 Å². The van der Waals surface area contributed by atoms with Crippen molar-refractivity contribution in [2.45, 2.75) is 17.1 Å². The Morgan fingerprint density at radius 1 is 1.11 bits per heavy atom. The van der Waals surface area contributed by atoms with Crippen LogP contribution in [-0.4, -0.2) is 11.2 Å². The van der Waals surface area contributed by atoms with Crippen molar-refractivity contribution in [3.05, 3.63) is 59.1 Å². The monoisotopic (exact) mass is 335 g/mol. The van der Waals surface area contributed by atoms with E-state index >= 15 is 0 Å². The van der Waals surface area contributed by atoms with Gasteiger partial charge in [-0.05, 0) is 47.1 Å². The summed E-state index contributed by atoms with van der Waals surface area (Å²) in [4.78, 5) is 13.2. The number of rotatable bonds is 4. The molecule has 0 bridgehead atoms. The van der Waals surface area contributed by atoms with Gasteiger partial charge in [0.25, 0.3) is 0 Å². The summed E-state index contributed by atoms with van der Waals surface area (Å²) in [5.41, 5.74) is 0.799. The smallest absolute Gasteiger partial charge is 0.237 e. The Labute approximate surface area is 125 Å². The topological polar surface area (TPSA) is 29.1 Å². The Bertz CT molecular complexity index is 559. The summed E-state index contributed by atoms with van der Waals surface area (Å²) in [6, 6.07) is 17.5. The van der Waals surface area contributed by atoms with Crippen LogP contribution in [0.2, 0.25) is 0 Å². The number of benzene rings is 2. The third-order valence-corrected chi connectivity index (χ3v) is 4.36. The molecule has 0 aromatic heterocycles. The second-order valence-corrected chi connectivity index (χ2v) is 6.31. The highest BCUT2D eigenvalue weighted by atomic mass is 79.9. The number of anilines is 1. The van der Waals surface area contributed by atoms with Crippen molar-refractivity contribution in [3.8, 4) is 0 Å². The lowest BCUT2D eigenvalue weighted by Crippen LogP contribution is -2.22. The molecule has 2 rings (SSSR count). The first-order chi connectivity index (χ1) is 9.16. The normalized spacial score (nSPS) is 11.9. The Balaban J connectivity index is 1.99. The lowest BCUT2D eigenvalue weighted by atomic mass is 10.3. The summed E-state index contributed by atoms with van der Waals surface area (Å²) in [6.07, 6.45) is 0. The van der Waals surface area contributed by atoms with E-state index < -0.39 is 0 Å². The molecule has 98 valence electrons. The Hall–Kier alpha value is -1.26. The van der Waals surface area contributed by atoms with Gasteiger partial charge < -0.3 is 5.32 Å². The molecule has 0 aliphatic carbocycles. The fraction of sp³-hybridized carbons (Fsp3) is 0.133. The molecular weight excluding hydrogens is 322 g/mol. The third-order valence-electron chi connectivity index (χ3n) is 2.56. The fourth-order valence-electron chi connectivity index (χ4n) is 1.55. The summed E-state index contributed by atoms with van der Waals surface area (Å²) in [6.45, 7) is 1.91. The molecule has 4 heteroatoms. The van der Waals surface area contributed by atoms with Crippen LogP contribution in [0.1, 0.15) is 6.92 Å². The average molecular weight is 336 g/mol. The molecule has 2 aromatic carbocycles. The predicted molar refractivity (Wildman–Crippen MR) is 84.5 cm³/mol. The SMILES string of the molecule is CC(Sc1ccccc1)C(=O)Nc1ccccc1Br. The standard InChI is InChI=1S/C15H14BrNOS/c1-11(19-12-7-3-2-4-8-12)15(18)17-14-10-6-5-9-13(14)16/h2-11H,1H3,(H,17,18). The number of amides is 1. The van der Waals surface area contributed by atoms with Crippen LogP contribution in [0.25, 0.3) is 0 Å². The van der Waals surface area contributed by atoms with Crippen LogP contribution in [0.5, 0.6) is 0 Å². The molecule has 0 aliphatic rings. The zero-order chi connectivity index (χ0) is 13.7. The molecule has 2 aromatic rings. The maximum atomic E-state index is 12.1. The minimum absolute atomic E-state index is 0.000697. The third kappa shape index (κ3) is 4.11. The summed E-state index contributed by atoms with van der Waals surface area (Å²) in [5.74, 6) is 0.000697. The molecule has 1 amide bonds. The maximum absolute atomic E-state index is 12.1. The minimum atomic E-state index is -0.144. The number of thioether (sulfide) groups is 1. The Morgan fingerprint density at radius 2 is 1.74 bits per heavy atom. The molecule has 1 unspecified atom stereocenters. The lowest BCUT2D eigenvalue weighted by molar-refractivity contribution is -0.115. The van der Waals surface area contributed by atoms with Gasteiger partial charge in [0.1, 0.15) is 0 Å². The van der Waals surface area contributed by atoms with Crippen LogP contribution in [0.3, 0.4) is 0 Å². The maximum Gasteiger partial charge on any atom is 0.237 e. The molecule has 1 atom stereocenters. The van der Waals surface area contributed by atoms with Gasteiger partial charge in [0.2, 0.25) is 5.91 Å². The van der Waals surface area contributed by atoms with Crippen molar-refractivity contribution in [2.75, 3.05) is 5.32 Å². The number of hydrogen-bond donors (Lipinski definition) is 1. The number of carbonyl (C=O) groups is 1. The Kier molecular flexibility index (Phi) is 5.05. The predicted octanol–water partition coefficient (Wildman–Crippen LogP) is 4.57. The van der Waals surface area contributed by atoms with Crippen molar-refractivity contribution >= 4 is 39.3 Å². The van der Waals surface area contributed by atoms with E-state index in [4.69, 9.17) is 0 Å². The van der Waals surface area contributed by atoms with Gasteiger partial charge in [-0.15, -0.1) is 11.8 Å². The number of carbonyl (C=O) groups excluding carboxylic acids is 1. The van der Waals surface area contributed by atoms with E-state index in [-0.39, 0.29) is 11.2 Å². The Morgan fingerprint density at radius 3 is 2.42 bits per heavy atom. The van der Waals surface area contributed by atoms with E-state index in [1.807, 2.05) is 61.5 Å². The van der Waals surface area contributed by atoms with Crippen LogP contribution in [0.15, 0.2) is 64.0 Å². The van der Waals surface area contributed by atoms with Gasteiger partial charge in [0.15, 0.2) is 0 Å². The summed E-state index contributed by atoms with van der Waals surface area (Å²) in [7, 11) is 0. The molecule has 19 heavy (non-hydrogen) atoms. The minimum Gasteiger partial charge on any atom is -0.324 e. The van der Waals surface area contributed by atoms with Crippen LogP contribution in [0.4, 0.5) is 5.69 Å². The van der Waals surface area contributed by atoms with E-state index in [0.717, 1.165) is 15.1 Å². The summed E-state index contributed by atoms with van der Waals surface area (Å²) in [5, 5.41) is 2.78. The molecule has 0 saturated carbocycles. The molecule has 0 saturated heterocycles. The first-order valence-electron chi connectivity index (χ1n) is 5.94. The number of para-hydroxylation sites is 1. The molecule has 0 heterocycles. The first kappa shape index (κ1) is 14.2. The van der Waals surface area contributed by atoms with Crippen LogP contribution in [-0.2, 0) is 4.79 Å². The molecule has 0 aliphatic heterocycles. The first-order valence-corrected chi connectivity index (χ1v) is 7.61. The molecule has 0 fully saturated rings. The van der Waals surface area contributed by atoms with Gasteiger partial charge in [-0.3, -0.25) is 4.79 Å². The molecular formula is C15H14BrNOS. The number of hydrogen-bond acceptors (Lipinski definition) is 2. The highest BCUT2D eigenvalue weighted by molar-refractivity contribution is 9.10. The van der Waals surface area contributed by atoms with Gasteiger partial charge in [-0.1, -0.05) is 30.3 Å². The average Bonchev–Trinajstić information content (AvgIpc) is 2.42. The van der Waals surface area contributed by atoms with Crippen molar-refractivity contribution in [1.29, 1.82) is 0 Å². The zero-order valence-corrected chi connectivity index (χ0v) is 12.9. The van der Waals surface area contributed by atoms with Gasteiger partial charge >= 0.3 is 0 Å². The highest BCUT2D eigenvalue weighted by Gasteiger charge is 2.15. The van der Waals surface area contributed by atoms with Crippen LogP contribution < -0.4 is 5.32 Å². The summed E-state index contributed by atoms with van der Waals surface area (Å²) < 4.78 is 0.889. The van der Waals surface area contributed by atoms with Gasteiger partial charge in [-0.25, -0.2) is 0 Å². The largest absolute Gasteiger partial charge is 0.324 e. The lowest BCUT2D eigenvalue weighted by Gasteiger charge is -2.12. The zero-order valence-electron chi connectivity index (χ0n) is 10.5. The second-order valence-electron chi connectivity index (χ2n) is 4.04. The van der Waals surface area contributed by atoms with E-state index in [1.165, 1.54) is 0 Å². The van der Waals surface area contributed by atoms with E-state index in [1.54, 1.807) is 11.8 Å². The molecule has 2 nitrogen and oxygen atoms in total. The number of nitrogens with one attached hydrogen (secondary N) is 1. The van der Waals surface area contributed by atoms with Crippen LogP contribution in [0, 0.1) is 0 Å². The highest BCUT2D eigenvalue weighted by Crippen LogP contribution is 2.26. The van der Waals surface area contributed by atoms with E-state index in [2.05, 4.69) is 21.2 Å². The van der Waals surface area contributed by atoms with Crippen molar-refractivity contribution < 1.29 is 4.79 Å². The molecule has 0 radical (unpaired) electrons. The molecule has 1 N–H and O–H groups in total. The van der Waals surface area contributed by atoms with Crippen molar-refractivity contribution in [3.63, 3.8) is 0 Å². The van der Waals surface area contributed by atoms with Crippen LogP contribution >= 0.6 is 27.7 Å². The van der Waals surface area contributed by atoms with Crippen molar-refractivity contribution in [2.24, 2.45) is 0 Å². The van der Waals surface area contributed by atoms with Crippen molar-refractivity contribution in [1.82, 2.24) is 0 Å². The second kappa shape index (κ2) is 6.78. The van der Waals surface area contributed by atoms with E-state index in [9.17, 15) is 4.79 Å².